The van der Waals surface area contributed by atoms with E-state index in [0.29, 0.717) is 18.6 Å². The summed E-state index contributed by atoms with van der Waals surface area (Å²) >= 11 is 0. The molecule has 1 aromatic rings. The van der Waals surface area contributed by atoms with E-state index in [-0.39, 0.29) is 11.8 Å². The Morgan fingerprint density at radius 2 is 2.04 bits per heavy atom. The molecule has 2 aliphatic heterocycles. The van der Waals surface area contributed by atoms with Gasteiger partial charge in [-0.05, 0) is 37.3 Å². The summed E-state index contributed by atoms with van der Waals surface area (Å²) in [6, 6.07) is 3.88. The molecular formula is C21H28NO4+. The summed E-state index contributed by atoms with van der Waals surface area (Å²) < 4.78 is 7.11. The van der Waals surface area contributed by atoms with Gasteiger partial charge in [0.1, 0.15) is 17.7 Å². The molecule has 1 saturated heterocycles. The molecule has 5 heteroatoms. The minimum atomic E-state index is -0.870. The number of piperidine rings is 1. The largest absolute Gasteiger partial charge is 0.504 e. The third-order valence-electron chi connectivity index (χ3n) is 8.45. The smallest absolute Gasteiger partial charge is 0.165 e. The zero-order valence-electron chi connectivity index (χ0n) is 15.3. The fourth-order valence-corrected chi connectivity index (χ4v) is 7.13. The van der Waals surface area contributed by atoms with Gasteiger partial charge < -0.3 is 24.5 Å². The molecular weight excluding hydrogens is 330 g/mol. The van der Waals surface area contributed by atoms with Crippen LogP contribution >= 0.6 is 0 Å². The van der Waals surface area contributed by atoms with Crippen molar-refractivity contribution in [3.05, 3.63) is 23.3 Å². The van der Waals surface area contributed by atoms with Crippen molar-refractivity contribution in [1.82, 2.24) is 0 Å². The van der Waals surface area contributed by atoms with Gasteiger partial charge in [0.25, 0.3) is 0 Å². The van der Waals surface area contributed by atoms with Crippen LogP contribution in [0.1, 0.15) is 43.2 Å². The maximum Gasteiger partial charge on any atom is 0.165 e. The van der Waals surface area contributed by atoms with E-state index >= 15 is 0 Å². The minimum Gasteiger partial charge on any atom is -0.504 e. The zero-order valence-corrected chi connectivity index (χ0v) is 15.3. The van der Waals surface area contributed by atoms with Crippen molar-refractivity contribution in [2.24, 2.45) is 5.92 Å². The Bertz CT molecular complexity index is 807. The van der Waals surface area contributed by atoms with Gasteiger partial charge in [0.05, 0.1) is 31.7 Å². The van der Waals surface area contributed by atoms with Crippen molar-refractivity contribution in [3.8, 4) is 11.5 Å². The summed E-state index contributed by atoms with van der Waals surface area (Å²) in [6.07, 6.45) is 4.44. The number of aliphatic hydroxyl groups is 2. The third-order valence-corrected chi connectivity index (χ3v) is 8.45. The number of likely N-dealkylation sites (tertiary alicyclic amines) is 1. The standard InChI is InChI=1S/C21H27NO4/c1-22(11-12-2-3-12)9-8-20-17-13-4-5-14(23)18(17)26-19(20)15(24)6-7-21(20,25)16(22)10-13/h4-5,12,15-16,19,24-25H,2-3,6-11H2,1H3/p+1/t15-,16?,19+,20?,21-,22?/m1/s1. The number of benzene rings is 1. The van der Waals surface area contributed by atoms with Crippen LogP contribution in [0.3, 0.4) is 0 Å². The molecule has 0 amide bonds. The number of phenols is 1. The lowest BCUT2D eigenvalue weighted by atomic mass is 9.48. The van der Waals surface area contributed by atoms with Crippen molar-refractivity contribution >= 4 is 0 Å². The van der Waals surface area contributed by atoms with Gasteiger partial charge >= 0.3 is 0 Å². The summed E-state index contributed by atoms with van der Waals surface area (Å²) in [5.74, 6) is 1.46. The van der Waals surface area contributed by atoms with Gasteiger partial charge in [0, 0.05) is 24.3 Å². The number of ether oxygens (including phenoxy) is 1. The van der Waals surface area contributed by atoms with Crippen molar-refractivity contribution in [3.63, 3.8) is 0 Å². The first-order valence-electron chi connectivity index (χ1n) is 10.2. The highest BCUT2D eigenvalue weighted by molar-refractivity contribution is 5.62. The lowest BCUT2D eigenvalue weighted by molar-refractivity contribution is -0.950. The van der Waals surface area contributed by atoms with Crippen LogP contribution in [0, 0.1) is 5.92 Å². The quantitative estimate of drug-likeness (QED) is 0.700. The lowest BCUT2D eigenvalue weighted by Gasteiger charge is -2.65. The van der Waals surface area contributed by atoms with Crippen molar-refractivity contribution in [2.45, 2.75) is 67.8 Å². The molecule has 26 heavy (non-hydrogen) atoms. The highest BCUT2D eigenvalue weighted by Gasteiger charge is 2.76. The second-order valence-corrected chi connectivity index (χ2v) is 9.79. The highest BCUT2D eigenvalue weighted by Crippen LogP contribution is 2.66. The van der Waals surface area contributed by atoms with Crippen molar-refractivity contribution < 1.29 is 24.5 Å². The van der Waals surface area contributed by atoms with Crippen LogP contribution in [0.25, 0.3) is 0 Å². The second-order valence-electron chi connectivity index (χ2n) is 9.79. The molecule has 140 valence electrons. The van der Waals surface area contributed by atoms with Crippen LogP contribution in [0.4, 0.5) is 0 Å². The Labute approximate surface area is 153 Å². The van der Waals surface area contributed by atoms with E-state index in [1.165, 1.54) is 18.4 Å². The normalized spacial score (nSPS) is 48.0. The second kappa shape index (κ2) is 4.57. The number of phenolic OH excluding ortho intramolecular Hbond substituents is 1. The molecule has 0 radical (unpaired) electrons. The van der Waals surface area contributed by atoms with E-state index in [2.05, 4.69) is 7.05 Å². The van der Waals surface area contributed by atoms with Gasteiger partial charge in [0.15, 0.2) is 11.5 Å². The molecule has 1 spiro atoms. The van der Waals surface area contributed by atoms with Crippen molar-refractivity contribution in [2.75, 3.05) is 20.1 Å². The number of quaternary nitrogens is 1. The topological polar surface area (TPSA) is 69.9 Å². The van der Waals surface area contributed by atoms with Gasteiger partial charge in [-0.1, -0.05) is 6.07 Å². The lowest BCUT2D eigenvalue weighted by Crippen LogP contribution is -2.81. The van der Waals surface area contributed by atoms with Gasteiger partial charge in [-0.3, -0.25) is 0 Å². The Morgan fingerprint density at radius 3 is 2.81 bits per heavy atom. The summed E-state index contributed by atoms with van der Waals surface area (Å²) in [5, 5.41) is 33.4. The van der Waals surface area contributed by atoms with E-state index in [1.807, 2.05) is 6.07 Å². The highest BCUT2D eigenvalue weighted by atomic mass is 16.5. The number of hydrogen-bond acceptors (Lipinski definition) is 4. The summed E-state index contributed by atoms with van der Waals surface area (Å²) in [6.45, 7) is 2.15. The number of rotatable bonds is 2. The van der Waals surface area contributed by atoms with E-state index < -0.39 is 23.2 Å². The van der Waals surface area contributed by atoms with Crippen LogP contribution < -0.4 is 4.74 Å². The number of nitrogens with zero attached hydrogens (tertiary/aromatic N) is 1. The SMILES string of the molecule is C[N+]1(CC2CC2)CCC23c4c5ccc(O)c4O[C@H]2[C@H](O)CC[C@@]3(O)C1C5. The van der Waals surface area contributed by atoms with Crippen LogP contribution in [0.15, 0.2) is 12.1 Å². The Hall–Kier alpha value is -1.30. The number of hydrogen-bond donors (Lipinski definition) is 3. The predicted molar refractivity (Wildman–Crippen MR) is 95.1 cm³/mol. The average molecular weight is 358 g/mol. The third kappa shape index (κ3) is 1.60. The van der Waals surface area contributed by atoms with Crippen molar-refractivity contribution in [1.29, 1.82) is 0 Å². The Kier molecular flexibility index (Phi) is 2.76. The molecule has 2 bridgehead atoms. The van der Waals surface area contributed by atoms with Gasteiger partial charge in [-0.15, -0.1) is 0 Å². The molecule has 2 saturated carbocycles. The van der Waals surface area contributed by atoms with Crippen LogP contribution in [0.5, 0.6) is 11.5 Å². The van der Waals surface area contributed by atoms with E-state index in [0.717, 1.165) is 41.9 Å². The van der Waals surface area contributed by atoms with E-state index in [1.54, 1.807) is 6.07 Å². The van der Waals surface area contributed by atoms with Crippen LogP contribution in [-0.4, -0.2) is 63.8 Å². The monoisotopic (exact) mass is 358 g/mol. The Balaban J connectivity index is 1.59. The average Bonchev–Trinajstić information content (AvgIpc) is 3.32. The molecule has 0 aromatic heterocycles. The predicted octanol–water partition coefficient (Wildman–Crippen LogP) is 1.46. The fraction of sp³-hybridized carbons (Fsp3) is 0.714. The maximum atomic E-state index is 12.2. The molecule has 1 aromatic carbocycles. The van der Waals surface area contributed by atoms with E-state index in [9.17, 15) is 15.3 Å². The number of likely N-dealkylation sites (N-methyl/N-ethyl adjacent to an activating group) is 1. The summed E-state index contributed by atoms with van der Waals surface area (Å²) in [5.41, 5.74) is 0.755. The molecule has 3 N–H and O–H groups in total. The first kappa shape index (κ1) is 15.7. The summed E-state index contributed by atoms with van der Waals surface area (Å²) in [4.78, 5) is 0. The van der Waals surface area contributed by atoms with Gasteiger partial charge in [0.2, 0.25) is 0 Å². The molecule has 3 unspecified atom stereocenters. The zero-order chi connectivity index (χ0) is 17.9. The van der Waals surface area contributed by atoms with Crippen LogP contribution in [-0.2, 0) is 11.8 Å². The molecule has 6 rings (SSSR count). The van der Waals surface area contributed by atoms with E-state index in [4.69, 9.17) is 4.74 Å². The molecule has 3 fully saturated rings. The first-order chi connectivity index (χ1) is 12.4. The number of aliphatic hydroxyl groups excluding tert-OH is 1. The maximum absolute atomic E-state index is 12.2. The molecule has 5 nitrogen and oxygen atoms in total. The molecule has 2 heterocycles. The van der Waals surface area contributed by atoms with Gasteiger partial charge in [-0.2, -0.15) is 0 Å². The minimum absolute atomic E-state index is 0.137. The first-order valence-corrected chi connectivity index (χ1v) is 10.2. The summed E-state index contributed by atoms with van der Waals surface area (Å²) in [7, 11) is 2.33. The van der Waals surface area contributed by atoms with Crippen LogP contribution in [0.2, 0.25) is 0 Å². The molecule has 3 aliphatic carbocycles. The Morgan fingerprint density at radius 1 is 1.23 bits per heavy atom. The fourth-order valence-electron chi connectivity index (χ4n) is 7.13. The number of aromatic hydroxyl groups is 1. The van der Waals surface area contributed by atoms with Gasteiger partial charge in [-0.25, -0.2) is 0 Å². The molecule has 6 atom stereocenters. The molecule has 5 aliphatic rings.